The number of pyridine rings is 1. The fraction of sp³-hybridized carbons (Fsp3) is 0.158. The molecular formula is C19H18FN3O. The first-order valence-electron chi connectivity index (χ1n) is 7.75. The van der Waals surface area contributed by atoms with Gasteiger partial charge in [-0.15, -0.1) is 0 Å². The predicted molar refractivity (Wildman–Crippen MR) is 90.2 cm³/mol. The molecule has 122 valence electrons. The SMILES string of the molecule is C[C@H](NC(=O)Cc1cccn1-c1ccc(F)cc1)c1cccnc1. The standard InChI is InChI=1S/C19H18FN3O/c1-14(15-4-2-10-21-13-15)22-19(24)12-18-5-3-11-23(18)17-8-6-16(20)7-9-17/h2-11,13-14H,12H2,1H3,(H,22,24)/t14-/m0/s1. The fourth-order valence-electron chi connectivity index (χ4n) is 2.59. The Labute approximate surface area is 140 Å². The Kier molecular flexibility index (Phi) is 4.70. The number of nitrogens with zero attached hydrogens (tertiary/aromatic N) is 2. The summed E-state index contributed by atoms with van der Waals surface area (Å²) in [6.45, 7) is 1.92. The topological polar surface area (TPSA) is 46.9 Å². The van der Waals surface area contributed by atoms with Crippen molar-refractivity contribution in [3.05, 3.63) is 84.2 Å². The highest BCUT2D eigenvalue weighted by atomic mass is 19.1. The molecule has 24 heavy (non-hydrogen) atoms. The van der Waals surface area contributed by atoms with Crippen molar-refractivity contribution >= 4 is 5.91 Å². The minimum Gasteiger partial charge on any atom is -0.349 e. The van der Waals surface area contributed by atoms with Gasteiger partial charge in [0.2, 0.25) is 5.91 Å². The van der Waals surface area contributed by atoms with Crippen molar-refractivity contribution in [2.24, 2.45) is 0 Å². The van der Waals surface area contributed by atoms with Gasteiger partial charge in [0, 0.05) is 30.0 Å². The van der Waals surface area contributed by atoms with Crippen LogP contribution in [0.2, 0.25) is 0 Å². The number of halogens is 1. The van der Waals surface area contributed by atoms with Crippen LogP contribution in [-0.4, -0.2) is 15.5 Å². The van der Waals surface area contributed by atoms with E-state index in [1.165, 1.54) is 12.1 Å². The molecule has 2 aromatic heterocycles. The van der Waals surface area contributed by atoms with Gasteiger partial charge in [-0.3, -0.25) is 9.78 Å². The summed E-state index contributed by atoms with van der Waals surface area (Å²) in [7, 11) is 0. The zero-order valence-corrected chi connectivity index (χ0v) is 13.3. The van der Waals surface area contributed by atoms with E-state index < -0.39 is 0 Å². The summed E-state index contributed by atoms with van der Waals surface area (Å²) >= 11 is 0. The molecule has 3 aromatic rings. The Balaban J connectivity index is 1.69. The summed E-state index contributed by atoms with van der Waals surface area (Å²) in [5, 5.41) is 2.97. The molecule has 0 saturated carbocycles. The average Bonchev–Trinajstić information content (AvgIpc) is 3.04. The predicted octanol–water partition coefficient (Wildman–Crippen LogP) is 3.43. The second kappa shape index (κ2) is 7.08. The molecule has 0 bridgehead atoms. The third-order valence-electron chi connectivity index (χ3n) is 3.84. The van der Waals surface area contributed by atoms with E-state index in [1.807, 2.05) is 42.0 Å². The molecule has 1 atom stereocenters. The smallest absolute Gasteiger partial charge is 0.226 e. The molecule has 1 aromatic carbocycles. The van der Waals surface area contributed by atoms with E-state index in [0.29, 0.717) is 0 Å². The Morgan fingerprint density at radius 1 is 1.21 bits per heavy atom. The minimum atomic E-state index is -0.282. The van der Waals surface area contributed by atoms with Gasteiger partial charge in [0.1, 0.15) is 5.82 Å². The van der Waals surface area contributed by atoms with Crippen molar-refractivity contribution in [3.8, 4) is 5.69 Å². The lowest BCUT2D eigenvalue weighted by Gasteiger charge is -2.15. The Hall–Kier alpha value is -2.95. The van der Waals surface area contributed by atoms with Gasteiger partial charge in [0.25, 0.3) is 0 Å². The van der Waals surface area contributed by atoms with Gasteiger partial charge < -0.3 is 9.88 Å². The van der Waals surface area contributed by atoms with Gasteiger partial charge in [-0.2, -0.15) is 0 Å². The molecule has 0 fully saturated rings. The van der Waals surface area contributed by atoms with E-state index in [2.05, 4.69) is 10.3 Å². The number of benzene rings is 1. The molecular weight excluding hydrogens is 305 g/mol. The van der Waals surface area contributed by atoms with Crippen molar-refractivity contribution < 1.29 is 9.18 Å². The highest BCUT2D eigenvalue weighted by Crippen LogP contribution is 2.15. The van der Waals surface area contributed by atoms with Gasteiger partial charge >= 0.3 is 0 Å². The quantitative estimate of drug-likeness (QED) is 0.782. The van der Waals surface area contributed by atoms with Gasteiger partial charge in [0.05, 0.1) is 12.5 Å². The lowest BCUT2D eigenvalue weighted by molar-refractivity contribution is -0.121. The largest absolute Gasteiger partial charge is 0.349 e. The van der Waals surface area contributed by atoms with Crippen molar-refractivity contribution in [2.45, 2.75) is 19.4 Å². The summed E-state index contributed by atoms with van der Waals surface area (Å²) in [5.74, 6) is -0.357. The monoisotopic (exact) mass is 323 g/mol. The first-order valence-corrected chi connectivity index (χ1v) is 7.75. The lowest BCUT2D eigenvalue weighted by atomic mass is 10.1. The van der Waals surface area contributed by atoms with Gasteiger partial charge in [-0.05, 0) is 55.0 Å². The number of amides is 1. The van der Waals surface area contributed by atoms with E-state index in [-0.39, 0.29) is 24.2 Å². The first-order chi connectivity index (χ1) is 11.6. The van der Waals surface area contributed by atoms with Crippen molar-refractivity contribution in [2.75, 3.05) is 0 Å². The molecule has 0 saturated heterocycles. The molecule has 0 aliphatic rings. The third-order valence-corrected chi connectivity index (χ3v) is 3.84. The maximum atomic E-state index is 13.1. The number of carbonyl (C=O) groups is 1. The van der Waals surface area contributed by atoms with Crippen molar-refractivity contribution in [3.63, 3.8) is 0 Å². The Morgan fingerprint density at radius 3 is 2.71 bits per heavy atom. The van der Waals surface area contributed by atoms with Crippen LogP contribution in [0.3, 0.4) is 0 Å². The number of hydrogen-bond acceptors (Lipinski definition) is 2. The van der Waals surface area contributed by atoms with Crippen molar-refractivity contribution in [1.82, 2.24) is 14.9 Å². The molecule has 2 heterocycles. The number of nitrogens with one attached hydrogen (secondary N) is 1. The van der Waals surface area contributed by atoms with Crippen LogP contribution in [0, 0.1) is 5.82 Å². The summed E-state index contributed by atoms with van der Waals surface area (Å²) in [6, 6.07) is 13.6. The van der Waals surface area contributed by atoms with Crippen LogP contribution in [0.1, 0.15) is 24.2 Å². The molecule has 0 aliphatic heterocycles. The Morgan fingerprint density at radius 2 is 2.00 bits per heavy atom. The zero-order valence-electron chi connectivity index (χ0n) is 13.3. The number of hydrogen-bond donors (Lipinski definition) is 1. The summed E-state index contributed by atoms with van der Waals surface area (Å²) in [4.78, 5) is 16.4. The maximum absolute atomic E-state index is 13.1. The molecule has 0 aliphatic carbocycles. The van der Waals surface area contributed by atoms with Gasteiger partial charge in [-0.25, -0.2) is 4.39 Å². The molecule has 1 N–H and O–H groups in total. The highest BCUT2D eigenvalue weighted by molar-refractivity contribution is 5.78. The summed E-state index contributed by atoms with van der Waals surface area (Å²) in [6.07, 6.45) is 5.55. The van der Waals surface area contributed by atoms with Crippen LogP contribution in [0.15, 0.2) is 67.1 Å². The molecule has 0 radical (unpaired) electrons. The lowest BCUT2D eigenvalue weighted by Crippen LogP contribution is -2.28. The van der Waals surface area contributed by atoms with Crippen LogP contribution in [-0.2, 0) is 11.2 Å². The van der Waals surface area contributed by atoms with E-state index in [0.717, 1.165) is 16.9 Å². The zero-order chi connectivity index (χ0) is 16.9. The summed E-state index contributed by atoms with van der Waals surface area (Å²) < 4.78 is 14.9. The molecule has 1 amide bonds. The molecule has 0 spiro atoms. The van der Waals surface area contributed by atoms with Gasteiger partial charge in [0.15, 0.2) is 0 Å². The van der Waals surface area contributed by atoms with Crippen LogP contribution in [0.4, 0.5) is 4.39 Å². The summed E-state index contributed by atoms with van der Waals surface area (Å²) in [5.41, 5.74) is 2.63. The fourth-order valence-corrected chi connectivity index (χ4v) is 2.59. The number of rotatable bonds is 5. The first kappa shape index (κ1) is 15.9. The molecule has 3 rings (SSSR count). The van der Waals surface area contributed by atoms with Crippen LogP contribution in [0.25, 0.3) is 5.69 Å². The average molecular weight is 323 g/mol. The normalized spacial score (nSPS) is 11.9. The molecule has 5 heteroatoms. The van der Waals surface area contributed by atoms with E-state index >= 15 is 0 Å². The minimum absolute atomic E-state index is 0.0755. The van der Waals surface area contributed by atoms with Crippen molar-refractivity contribution in [1.29, 1.82) is 0 Å². The van der Waals surface area contributed by atoms with Gasteiger partial charge in [-0.1, -0.05) is 6.07 Å². The highest BCUT2D eigenvalue weighted by Gasteiger charge is 2.12. The maximum Gasteiger partial charge on any atom is 0.226 e. The van der Waals surface area contributed by atoms with E-state index in [9.17, 15) is 9.18 Å². The van der Waals surface area contributed by atoms with E-state index in [1.54, 1.807) is 24.5 Å². The number of aromatic nitrogens is 2. The van der Waals surface area contributed by atoms with Crippen LogP contribution in [0.5, 0.6) is 0 Å². The molecule has 4 nitrogen and oxygen atoms in total. The third kappa shape index (κ3) is 3.68. The number of carbonyl (C=O) groups excluding carboxylic acids is 1. The second-order valence-corrected chi connectivity index (χ2v) is 5.60. The van der Waals surface area contributed by atoms with Crippen LogP contribution >= 0.6 is 0 Å². The van der Waals surface area contributed by atoms with Crippen LogP contribution < -0.4 is 5.32 Å². The Bertz CT molecular complexity index is 812. The molecule has 0 unspecified atom stereocenters. The second-order valence-electron chi connectivity index (χ2n) is 5.60. The van der Waals surface area contributed by atoms with E-state index in [4.69, 9.17) is 0 Å².